The van der Waals surface area contributed by atoms with Gasteiger partial charge >= 0.3 is 0 Å². The fraction of sp³-hybridized carbons (Fsp3) is 0.231. The van der Waals surface area contributed by atoms with Crippen LogP contribution in [0.2, 0.25) is 0 Å². The van der Waals surface area contributed by atoms with Gasteiger partial charge in [0.25, 0.3) is 0 Å². The first-order valence-corrected chi connectivity index (χ1v) is 10.7. The van der Waals surface area contributed by atoms with E-state index in [1.165, 1.54) is 0 Å². The summed E-state index contributed by atoms with van der Waals surface area (Å²) >= 11 is 0. The molecule has 0 spiro atoms. The molecule has 5 rings (SSSR count). The van der Waals surface area contributed by atoms with Gasteiger partial charge in [-0.05, 0) is 56.7 Å². The molecule has 0 bridgehead atoms. The fourth-order valence-corrected chi connectivity index (χ4v) is 4.62. The van der Waals surface area contributed by atoms with Crippen molar-refractivity contribution in [2.75, 3.05) is 20.6 Å². The minimum absolute atomic E-state index is 0.627. The zero-order valence-electron chi connectivity index (χ0n) is 17.9. The van der Waals surface area contributed by atoms with Crippen LogP contribution in [0.3, 0.4) is 0 Å². The van der Waals surface area contributed by atoms with Crippen molar-refractivity contribution in [2.24, 2.45) is 0 Å². The molecule has 0 fully saturated rings. The van der Waals surface area contributed by atoms with Gasteiger partial charge in [-0.2, -0.15) is 0 Å². The molecule has 156 valence electrons. The maximum Gasteiger partial charge on any atom is 0.121 e. The van der Waals surface area contributed by atoms with Gasteiger partial charge in [0.2, 0.25) is 0 Å². The molecule has 1 aliphatic carbocycles. The average Bonchev–Trinajstić information content (AvgIpc) is 3.21. The molecule has 0 aliphatic heterocycles. The molecule has 0 saturated carbocycles. The lowest BCUT2D eigenvalue weighted by molar-refractivity contribution is 0.0678. The van der Waals surface area contributed by atoms with Crippen LogP contribution >= 0.6 is 0 Å². The van der Waals surface area contributed by atoms with Gasteiger partial charge in [0.1, 0.15) is 17.0 Å². The van der Waals surface area contributed by atoms with E-state index in [1.807, 2.05) is 77.5 Å². The third-order valence-electron chi connectivity index (χ3n) is 6.07. The van der Waals surface area contributed by atoms with Crippen molar-refractivity contribution < 1.29 is 5.11 Å². The Morgan fingerprint density at radius 3 is 2.16 bits per heavy atom. The highest BCUT2D eigenvalue weighted by Gasteiger charge is 2.40. The largest absolute Gasteiger partial charge is 0.380 e. The normalized spacial score (nSPS) is 17.0. The van der Waals surface area contributed by atoms with Gasteiger partial charge in [-0.1, -0.05) is 71.9 Å². The van der Waals surface area contributed by atoms with Gasteiger partial charge in [-0.3, -0.25) is 0 Å². The Morgan fingerprint density at radius 2 is 1.45 bits per heavy atom. The summed E-state index contributed by atoms with van der Waals surface area (Å²) in [6, 6.07) is 26.2. The standard InChI is InChI=1S/C26H26N4O/c1-29(2)18-10-17-26(31)22-15-8-6-13-20(22)24-25(21-14-7-9-16-23(21)26)30(28-27-24)19-11-4-3-5-12-19/h3-9,11-16,31H,10,17-18H2,1-2H3. The van der Waals surface area contributed by atoms with Crippen LogP contribution in [0.15, 0.2) is 78.9 Å². The van der Waals surface area contributed by atoms with E-state index < -0.39 is 5.60 Å². The van der Waals surface area contributed by atoms with Crippen molar-refractivity contribution in [3.8, 4) is 28.2 Å². The van der Waals surface area contributed by atoms with Crippen molar-refractivity contribution in [2.45, 2.75) is 18.4 Å². The van der Waals surface area contributed by atoms with E-state index in [9.17, 15) is 5.11 Å². The molecule has 4 aromatic rings. The Morgan fingerprint density at radius 1 is 0.839 bits per heavy atom. The molecule has 1 heterocycles. The minimum atomic E-state index is -1.11. The molecular weight excluding hydrogens is 384 g/mol. The number of para-hydroxylation sites is 1. The third kappa shape index (κ3) is 3.26. The van der Waals surface area contributed by atoms with Crippen LogP contribution in [-0.4, -0.2) is 45.6 Å². The summed E-state index contributed by atoms with van der Waals surface area (Å²) in [6.45, 7) is 0.912. The smallest absolute Gasteiger partial charge is 0.121 e. The number of fused-ring (bicyclic) bond motifs is 5. The molecule has 1 atom stereocenters. The maximum absolute atomic E-state index is 12.2. The van der Waals surface area contributed by atoms with E-state index in [4.69, 9.17) is 0 Å². The highest BCUT2D eigenvalue weighted by atomic mass is 16.3. The Hall–Kier alpha value is -3.28. The second kappa shape index (κ2) is 7.76. The van der Waals surface area contributed by atoms with Gasteiger partial charge in [-0.15, -0.1) is 5.10 Å². The van der Waals surface area contributed by atoms with Crippen molar-refractivity contribution in [3.63, 3.8) is 0 Å². The van der Waals surface area contributed by atoms with Crippen LogP contribution in [0.4, 0.5) is 0 Å². The Labute approximate surface area is 182 Å². The highest BCUT2D eigenvalue weighted by Crippen LogP contribution is 2.48. The molecule has 0 saturated heterocycles. The summed E-state index contributed by atoms with van der Waals surface area (Å²) in [7, 11) is 4.13. The van der Waals surface area contributed by atoms with Crippen LogP contribution in [0.5, 0.6) is 0 Å². The Bertz CT molecular complexity index is 1220. The molecule has 5 heteroatoms. The maximum atomic E-state index is 12.2. The minimum Gasteiger partial charge on any atom is -0.380 e. The van der Waals surface area contributed by atoms with Gasteiger partial charge in [-0.25, -0.2) is 4.68 Å². The quantitative estimate of drug-likeness (QED) is 0.527. The van der Waals surface area contributed by atoms with Crippen LogP contribution in [0.25, 0.3) is 28.2 Å². The van der Waals surface area contributed by atoms with Crippen molar-refractivity contribution >= 4 is 0 Å². The zero-order chi connectivity index (χ0) is 21.4. The Kier molecular flexibility index (Phi) is 4.93. The van der Waals surface area contributed by atoms with E-state index in [-0.39, 0.29) is 0 Å². The topological polar surface area (TPSA) is 54.2 Å². The van der Waals surface area contributed by atoms with Crippen molar-refractivity contribution in [1.29, 1.82) is 0 Å². The highest BCUT2D eigenvalue weighted by molar-refractivity contribution is 5.86. The molecule has 1 N–H and O–H groups in total. The van der Waals surface area contributed by atoms with Gasteiger partial charge in [0.15, 0.2) is 0 Å². The molecule has 0 amide bonds. The summed E-state index contributed by atoms with van der Waals surface area (Å²) < 4.78 is 1.89. The van der Waals surface area contributed by atoms with E-state index in [2.05, 4.69) is 35.4 Å². The number of rotatable bonds is 5. The summed E-state index contributed by atoms with van der Waals surface area (Å²) in [4.78, 5) is 2.15. The fourth-order valence-electron chi connectivity index (χ4n) is 4.62. The average molecular weight is 411 g/mol. The predicted octanol–water partition coefficient (Wildman–Crippen LogP) is 4.49. The second-order valence-electron chi connectivity index (χ2n) is 8.39. The molecule has 0 radical (unpaired) electrons. The number of hydrogen-bond donors (Lipinski definition) is 1. The van der Waals surface area contributed by atoms with Crippen LogP contribution < -0.4 is 0 Å². The predicted molar refractivity (Wildman–Crippen MR) is 123 cm³/mol. The first-order chi connectivity index (χ1) is 15.1. The van der Waals surface area contributed by atoms with Gasteiger partial charge in [0, 0.05) is 11.1 Å². The van der Waals surface area contributed by atoms with E-state index in [0.717, 1.165) is 52.3 Å². The molecule has 1 aliphatic rings. The SMILES string of the molecule is CN(C)CCCC1(O)c2ccccc2-c2nnn(-c3ccccc3)c2-c2ccccc21. The number of nitrogens with zero attached hydrogens (tertiary/aromatic N) is 4. The summed E-state index contributed by atoms with van der Waals surface area (Å²) in [5.41, 5.74) is 5.25. The molecule has 5 nitrogen and oxygen atoms in total. The first-order valence-electron chi connectivity index (χ1n) is 10.7. The van der Waals surface area contributed by atoms with E-state index >= 15 is 0 Å². The van der Waals surface area contributed by atoms with Crippen LogP contribution in [-0.2, 0) is 5.60 Å². The summed E-state index contributed by atoms with van der Waals surface area (Å²) in [5, 5.41) is 21.4. The number of benzene rings is 3. The molecule has 1 unspecified atom stereocenters. The van der Waals surface area contributed by atoms with Gasteiger partial charge in [0.05, 0.1) is 5.69 Å². The molecular formula is C26H26N4O. The number of aromatic nitrogens is 3. The van der Waals surface area contributed by atoms with Crippen molar-refractivity contribution in [1.82, 2.24) is 19.9 Å². The Balaban J connectivity index is 1.78. The first kappa shape index (κ1) is 19.7. The molecule has 3 aromatic carbocycles. The lowest BCUT2D eigenvalue weighted by atomic mass is 9.80. The molecule has 1 aromatic heterocycles. The summed E-state index contributed by atoms with van der Waals surface area (Å²) in [6.07, 6.45) is 1.50. The second-order valence-corrected chi connectivity index (χ2v) is 8.39. The monoisotopic (exact) mass is 410 g/mol. The summed E-state index contributed by atoms with van der Waals surface area (Å²) in [5.74, 6) is 0. The van der Waals surface area contributed by atoms with Crippen LogP contribution in [0.1, 0.15) is 24.0 Å². The molecule has 31 heavy (non-hydrogen) atoms. The van der Waals surface area contributed by atoms with Crippen LogP contribution in [0, 0.1) is 0 Å². The lowest BCUT2D eigenvalue weighted by Crippen LogP contribution is -2.29. The van der Waals surface area contributed by atoms with E-state index in [1.54, 1.807) is 0 Å². The zero-order valence-corrected chi connectivity index (χ0v) is 17.9. The third-order valence-corrected chi connectivity index (χ3v) is 6.07. The van der Waals surface area contributed by atoms with E-state index in [0.29, 0.717) is 6.42 Å². The van der Waals surface area contributed by atoms with Crippen molar-refractivity contribution in [3.05, 3.63) is 90.0 Å². The lowest BCUT2D eigenvalue weighted by Gasteiger charge is -2.31. The van der Waals surface area contributed by atoms with Gasteiger partial charge < -0.3 is 10.0 Å². The number of aliphatic hydroxyl groups is 1. The number of hydrogen-bond acceptors (Lipinski definition) is 4.